The van der Waals surface area contributed by atoms with E-state index in [1.807, 2.05) is 41.0 Å². The van der Waals surface area contributed by atoms with Crippen molar-refractivity contribution in [2.45, 2.75) is 19.8 Å². The third kappa shape index (κ3) is 1.97. The van der Waals surface area contributed by atoms with Gasteiger partial charge in [0.25, 0.3) is 5.56 Å². The Bertz CT molecular complexity index is 1060. The molecule has 0 radical (unpaired) electrons. The van der Waals surface area contributed by atoms with Gasteiger partial charge in [0.1, 0.15) is 5.65 Å². The van der Waals surface area contributed by atoms with Gasteiger partial charge in [-0.15, -0.1) is 0 Å². The largest absolute Gasteiger partial charge is 0.268 e. The summed E-state index contributed by atoms with van der Waals surface area (Å²) < 4.78 is 3.55. The van der Waals surface area contributed by atoms with Crippen molar-refractivity contribution < 1.29 is 0 Å². The first kappa shape index (κ1) is 13.7. The van der Waals surface area contributed by atoms with E-state index in [-0.39, 0.29) is 11.5 Å². The fourth-order valence-corrected chi connectivity index (χ4v) is 2.93. The Kier molecular flexibility index (Phi) is 3.01. The molecule has 0 saturated heterocycles. The Hall–Kier alpha value is -2.95. The van der Waals surface area contributed by atoms with Gasteiger partial charge in [-0.2, -0.15) is 5.10 Å². The van der Waals surface area contributed by atoms with E-state index in [1.165, 1.54) is 0 Å². The molecule has 5 nitrogen and oxygen atoms in total. The molecule has 0 fully saturated rings. The van der Waals surface area contributed by atoms with Gasteiger partial charge >= 0.3 is 0 Å². The van der Waals surface area contributed by atoms with E-state index < -0.39 is 0 Å². The van der Waals surface area contributed by atoms with Crippen LogP contribution in [-0.4, -0.2) is 19.2 Å². The summed E-state index contributed by atoms with van der Waals surface area (Å²) in [5.41, 5.74) is 3.35. The number of hydrogen-bond donors (Lipinski definition) is 0. The SMILES string of the molecule is CC(C)c1cnn2c3cnccc3c(=O)n(-c3ccccc3)c12. The Morgan fingerprint density at radius 2 is 1.83 bits per heavy atom. The van der Waals surface area contributed by atoms with Crippen molar-refractivity contribution in [2.24, 2.45) is 0 Å². The molecule has 0 amide bonds. The highest BCUT2D eigenvalue weighted by Crippen LogP contribution is 2.24. The zero-order chi connectivity index (χ0) is 16.0. The first-order valence-corrected chi connectivity index (χ1v) is 7.60. The van der Waals surface area contributed by atoms with Crippen molar-refractivity contribution in [3.8, 4) is 5.69 Å². The normalized spacial score (nSPS) is 11.6. The van der Waals surface area contributed by atoms with Gasteiger partial charge in [0.15, 0.2) is 0 Å². The molecule has 114 valence electrons. The van der Waals surface area contributed by atoms with Crippen LogP contribution in [0.25, 0.3) is 22.2 Å². The minimum absolute atomic E-state index is 0.0523. The minimum Gasteiger partial charge on any atom is -0.268 e. The van der Waals surface area contributed by atoms with Crippen molar-refractivity contribution in [1.29, 1.82) is 0 Å². The number of fused-ring (bicyclic) bond motifs is 3. The van der Waals surface area contributed by atoms with Crippen LogP contribution in [0.15, 0.2) is 59.8 Å². The second-order valence-corrected chi connectivity index (χ2v) is 5.86. The summed E-state index contributed by atoms with van der Waals surface area (Å²) in [5, 5.41) is 5.12. The number of nitrogens with zero attached hydrogens (tertiary/aromatic N) is 4. The highest BCUT2D eigenvalue weighted by Gasteiger charge is 2.18. The Morgan fingerprint density at radius 3 is 2.57 bits per heavy atom. The lowest BCUT2D eigenvalue weighted by Crippen LogP contribution is -2.22. The van der Waals surface area contributed by atoms with Gasteiger partial charge in [0.2, 0.25) is 0 Å². The van der Waals surface area contributed by atoms with Crippen LogP contribution < -0.4 is 5.56 Å². The zero-order valence-electron chi connectivity index (χ0n) is 13.0. The van der Waals surface area contributed by atoms with Crippen LogP contribution >= 0.6 is 0 Å². The molecule has 0 N–H and O–H groups in total. The van der Waals surface area contributed by atoms with E-state index in [2.05, 4.69) is 23.9 Å². The molecule has 0 aliphatic heterocycles. The molecule has 0 spiro atoms. The number of aromatic nitrogens is 4. The van der Waals surface area contributed by atoms with Gasteiger partial charge in [-0.25, -0.2) is 4.52 Å². The second-order valence-electron chi connectivity index (χ2n) is 5.86. The minimum atomic E-state index is -0.0523. The third-order valence-electron chi connectivity index (χ3n) is 4.08. The fraction of sp³-hybridized carbons (Fsp3) is 0.167. The summed E-state index contributed by atoms with van der Waals surface area (Å²) in [6.45, 7) is 4.20. The highest BCUT2D eigenvalue weighted by atomic mass is 16.1. The van der Waals surface area contributed by atoms with E-state index >= 15 is 0 Å². The molecule has 4 rings (SSSR count). The molecule has 1 aromatic carbocycles. The fourth-order valence-electron chi connectivity index (χ4n) is 2.93. The van der Waals surface area contributed by atoms with Crippen LogP contribution in [0, 0.1) is 0 Å². The van der Waals surface area contributed by atoms with E-state index in [0.717, 1.165) is 22.4 Å². The summed E-state index contributed by atoms with van der Waals surface area (Å²) in [6.07, 6.45) is 5.17. The van der Waals surface area contributed by atoms with Crippen LogP contribution in [0.5, 0.6) is 0 Å². The number of hydrogen-bond acceptors (Lipinski definition) is 3. The average molecular weight is 304 g/mol. The zero-order valence-corrected chi connectivity index (χ0v) is 13.0. The van der Waals surface area contributed by atoms with Gasteiger partial charge < -0.3 is 0 Å². The third-order valence-corrected chi connectivity index (χ3v) is 4.08. The van der Waals surface area contributed by atoms with Gasteiger partial charge in [-0.3, -0.25) is 14.3 Å². The van der Waals surface area contributed by atoms with Crippen LogP contribution in [0.1, 0.15) is 25.3 Å². The predicted octanol–water partition coefficient (Wildman–Crippen LogP) is 3.16. The van der Waals surface area contributed by atoms with Crippen LogP contribution in [0.2, 0.25) is 0 Å². The Morgan fingerprint density at radius 1 is 1.04 bits per heavy atom. The molecule has 3 aromatic heterocycles. The standard InChI is InChI=1S/C18H16N4O/c1-12(2)15-10-20-22-16-11-19-9-8-14(16)18(23)21(17(15)22)13-6-4-3-5-7-13/h3-12H,1-2H3. The van der Waals surface area contributed by atoms with E-state index in [4.69, 9.17) is 0 Å². The lowest BCUT2D eigenvalue weighted by atomic mass is 10.1. The molecule has 23 heavy (non-hydrogen) atoms. The smallest absolute Gasteiger partial charge is 0.266 e. The predicted molar refractivity (Wildman–Crippen MR) is 90.2 cm³/mol. The quantitative estimate of drug-likeness (QED) is 0.571. The maximum absolute atomic E-state index is 13.1. The summed E-state index contributed by atoms with van der Waals surface area (Å²) in [4.78, 5) is 17.3. The number of benzene rings is 1. The molecule has 3 heterocycles. The van der Waals surface area contributed by atoms with Crippen LogP contribution in [-0.2, 0) is 0 Å². The summed E-state index contributed by atoms with van der Waals surface area (Å²) in [6, 6.07) is 11.4. The first-order valence-electron chi connectivity index (χ1n) is 7.60. The highest BCUT2D eigenvalue weighted by molar-refractivity contribution is 5.81. The van der Waals surface area contributed by atoms with Gasteiger partial charge in [0.05, 0.1) is 29.0 Å². The molecular weight excluding hydrogens is 288 g/mol. The van der Waals surface area contributed by atoms with E-state index in [1.54, 1.807) is 23.0 Å². The summed E-state index contributed by atoms with van der Waals surface area (Å²) in [7, 11) is 0. The number of rotatable bonds is 2. The molecule has 0 unspecified atom stereocenters. The molecule has 4 aromatic rings. The van der Waals surface area contributed by atoms with Crippen LogP contribution in [0.4, 0.5) is 0 Å². The molecule has 0 aliphatic carbocycles. The topological polar surface area (TPSA) is 52.2 Å². The van der Waals surface area contributed by atoms with Gasteiger partial charge in [0, 0.05) is 11.8 Å². The monoisotopic (exact) mass is 304 g/mol. The molecule has 0 atom stereocenters. The molecule has 0 bridgehead atoms. The van der Waals surface area contributed by atoms with Crippen molar-refractivity contribution in [2.75, 3.05) is 0 Å². The lowest BCUT2D eigenvalue weighted by molar-refractivity contribution is 0.860. The summed E-state index contributed by atoms with van der Waals surface area (Å²) >= 11 is 0. The Balaban J connectivity index is 2.28. The summed E-state index contributed by atoms with van der Waals surface area (Å²) in [5.74, 6) is 0.260. The maximum Gasteiger partial charge on any atom is 0.266 e. The molecule has 0 saturated carbocycles. The van der Waals surface area contributed by atoms with Crippen LogP contribution in [0.3, 0.4) is 0 Å². The van der Waals surface area contributed by atoms with Gasteiger partial charge in [-0.1, -0.05) is 32.0 Å². The average Bonchev–Trinajstić information content (AvgIpc) is 3.01. The number of pyridine rings is 1. The molecular formula is C18H16N4O. The van der Waals surface area contributed by atoms with Crippen molar-refractivity contribution in [3.05, 3.63) is 70.9 Å². The van der Waals surface area contributed by atoms with E-state index in [9.17, 15) is 4.79 Å². The molecule has 0 aliphatic rings. The lowest BCUT2D eigenvalue weighted by Gasteiger charge is -2.13. The first-order chi connectivity index (χ1) is 11.2. The van der Waals surface area contributed by atoms with Crippen molar-refractivity contribution >= 4 is 16.6 Å². The second kappa shape index (κ2) is 5.05. The van der Waals surface area contributed by atoms with Gasteiger partial charge in [-0.05, 0) is 24.1 Å². The van der Waals surface area contributed by atoms with Crippen molar-refractivity contribution in [3.63, 3.8) is 0 Å². The van der Waals surface area contributed by atoms with Crippen molar-refractivity contribution in [1.82, 2.24) is 19.2 Å². The number of para-hydroxylation sites is 1. The maximum atomic E-state index is 13.1. The Labute approximate surface area is 132 Å². The van der Waals surface area contributed by atoms with E-state index in [0.29, 0.717) is 5.39 Å². The molecule has 5 heteroatoms.